The second-order valence-corrected chi connectivity index (χ2v) is 4.90. The molecule has 1 aliphatic heterocycles. The van der Waals surface area contributed by atoms with Crippen LogP contribution < -0.4 is 15.4 Å². The average Bonchev–Trinajstić information content (AvgIpc) is 2.48. The van der Waals surface area contributed by atoms with E-state index in [1.165, 1.54) is 0 Å². The van der Waals surface area contributed by atoms with Crippen molar-refractivity contribution in [3.63, 3.8) is 0 Å². The van der Waals surface area contributed by atoms with Gasteiger partial charge in [0.05, 0.1) is 18.8 Å². The lowest BCUT2D eigenvalue weighted by atomic mass is 9.91. The highest BCUT2D eigenvalue weighted by molar-refractivity contribution is 5.38. The van der Waals surface area contributed by atoms with Crippen LogP contribution in [0.1, 0.15) is 26.7 Å². The Kier molecular flexibility index (Phi) is 5.51. The van der Waals surface area contributed by atoms with Crippen molar-refractivity contribution < 1.29 is 14.6 Å². The fraction of sp³-hybridized carbons (Fsp3) is 0.769. The van der Waals surface area contributed by atoms with E-state index in [0.717, 1.165) is 0 Å². The van der Waals surface area contributed by atoms with Crippen molar-refractivity contribution in [3.05, 3.63) is 0 Å². The number of nitrogens with one attached hydrogen (secondary N) is 2. The van der Waals surface area contributed by atoms with Crippen LogP contribution in [0.4, 0.5) is 11.9 Å². The average molecular weight is 297 g/mol. The van der Waals surface area contributed by atoms with Gasteiger partial charge >= 0.3 is 6.01 Å². The van der Waals surface area contributed by atoms with E-state index < -0.39 is 5.54 Å². The number of hydrogen-bond donors (Lipinski definition) is 3. The van der Waals surface area contributed by atoms with Gasteiger partial charge in [0.15, 0.2) is 0 Å². The summed E-state index contributed by atoms with van der Waals surface area (Å²) >= 11 is 0. The Hall–Kier alpha value is -1.67. The Balaban J connectivity index is 2.20. The molecule has 2 heterocycles. The van der Waals surface area contributed by atoms with Gasteiger partial charge in [-0.3, -0.25) is 0 Å². The highest BCUT2D eigenvalue weighted by Gasteiger charge is 2.33. The van der Waals surface area contributed by atoms with Gasteiger partial charge in [-0.25, -0.2) is 0 Å². The molecule has 0 bridgehead atoms. The van der Waals surface area contributed by atoms with Crippen LogP contribution in [0.25, 0.3) is 0 Å². The molecule has 0 spiro atoms. The van der Waals surface area contributed by atoms with Crippen LogP contribution in [0, 0.1) is 0 Å². The maximum Gasteiger partial charge on any atom is 0.323 e. The molecule has 1 fully saturated rings. The summed E-state index contributed by atoms with van der Waals surface area (Å²) in [4.78, 5) is 12.7. The fourth-order valence-corrected chi connectivity index (χ4v) is 2.17. The van der Waals surface area contributed by atoms with Gasteiger partial charge in [-0.05, 0) is 26.7 Å². The van der Waals surface area contributed by atoms with Crippen LogP contribution in [-0.4, -0.2) is 58.6 Å². The standard InChI is InChI=1S/C13H23N5O3/c1-3-14-10-15-11(17-12(16-10)21-4-2)18-13(9-19)5-7-20-8-6-13/h19H,3-9H2,1-2H3,(H2,14,15,16,17,18). The molecule has 118 valence electrons. The van der Waals surface area contributed by atoms with Gasteiger partial charge in [-0.15, -0.1) is 0 Å². The van der Waals surface area contributed by atoms with Gasteiger partial charge in [0.2, 0.25) is 11.9 Å². The molecule has 0 amide bonds. The summed E-state index contributed by atoms with van der Waals surface area (Å²) in [5.41, 5.74) is -0.452. The molecule has 0 aromatic carbocycles. The summed E-state index contributed by atoms with van der Waals surface area (Å²) in [6.45, 7) is 6.24. The van der Waals surface area contributed by atoms with Gasteiger partial charge in [0.25, 0.3) is 0 Å². The molecule has 21 heavy (non-hydrogen) atoms. The van der Waals surface area contributed by atoms with Crippen molar-refractivity contribution in [2.24, 2.45) is 0 Å². The Morgan fingerprint density at radius 3 is 2.52 bits per heavy atom. The van der Waals surface area contributed by atoms with Crippen LogP contribution in [-0.2, 0) is 4.74 Å². The van der Waals surface area contributed by atoms with Crippen LogP contribution in [0.2, 0.25) is 0 Å². The lowest BCUT2D eigenvalue weighted by Gasteiger charge is -2.36. The highest BCUT2D eigenvalue weighted by Crippen LogP contribution is 2.25. The van der Waals surface area contributed by atoms with Gasteiger partial charge in [-0.1, -0.05) is 0 Å². The molecule has 1 aromatic rings. The summed E-state index contributed by atoms with van der Waals surface area (Å²) in [6, 6.07) is 0.270. The molecule has 0 radical (unpaired) electrons. The zero-order valence-corrected chi connectivity index (χ0v) is 12.6. The SMILES string of the molecule is CCNc1nc(NC2(CO)CCOCC2)nc(OCC)n1. The molecule has 0 aliphatic carbocycles. The third kappa shape index (κ3) is 4.15. The molecule has 8 heteroatoms. The monoisotopic (exact) mass is 297 g/mol. The summed E-state index contributed by atoms with van der Waals surface area (Å²) in [5, 5.41) is 16.0. The molecule has 3 N–H and O–H groups in total. The molecule has 0 saturated carbocycles. The molecule has 1 saturated heterocycles. The zero-order chi connectivity index (χ0) is 15.1. The van der Waals surface area contributed by atoms with Crippen molar-refractivity contribution in [1.29, 1.82) is 0 Å². The Morgan fingerprint density at radius 1 is 1.19 bits per heavy atom. The van der Waals surface area contributed by atoms with Crippen LogP contribution in [0.15, 0.2) is 0 Å². The molecule has 2 rings (SSSR count). The normalized spacial score (nSPS) is 17.3. The van der Waals surface area contributed by atoms with Gasteiger partial charge in [0.1, 0.15) is 0 Å². The molecule has 1 aliphatic rings. The number of ether oxygens (including phenoxy) is 2. The molecule has 0 atom stereocenters. The van der Waals surface area contributed by atoms with Crippen LogP contribution in [0.5, 0.6) is 6.01 Å². The first kappa shape index (κ1) is 15.7. The van der Waals surface area contributed by atoms with E-state index in [2.05, 4.69) is 25.6 Å². The molecular weight excluding hydrogens is 274 g/mol. The Bertz CT molecular complexity index is 427. The number of aromatic nitrogens is 3. The Morgan fingerprint density at radius 2 is 1.90 bits per heavy atom. The highest BCUT2D eigenvalue weighted by atomic mass is 16.5. The minimum atomic E-state index is -0.452. The van der Waals surface area contributed by atoms with Crippen molar-refractivity contribution >= 4 is 11.9 Å². The third-order valence-corrected chi connectivity index (χ3v) is 3.35. The lowest BCUT2D eigenvalue weighted by Crippen LogP contribution is -2.47. The number of rotatable bonds is 7. The first-order chi connectivity index (χ1) is 10.2. The van der Waals surface area contributed by atoms with Gasteiger partial charge < -0.3 is 25.2 Å². The predicted octanol–water partition coefficient (Wildman–Crippen LogP) is 0.655. The van der Waals surface area contributed by atoms with Crippen molar-refractivity contribution in [3.8, 4) is 6.01 Å². The minimum absolute atomic E-state index is 0.00253. The Labute approximate surface area is 124 Å². The van der Waals surface area contributed by atoms with Crippen molar-refractivity contribution in [2.45, 2.75) is 32.2 Å². The minimum Gasteiger partial charge on any atom is -0.464 e. The van der Waals surface area contributed by atoms with Gasteiger partial charge in [-0.2, -0.15) is 15.0 Å². The molecular formula is C13H23N5O3. The number of aliphatic hydroxyl groups is 1. The van der Waals surface area contributed by atoms with E-state index >= 15 is 0 Å². The van der Waals surface area contributed by atoms with Crippen molar-refractivity contribution in [1.82, 2.24) is 15.0 Å². The first-order valence-electron chi connectivity index (χ1n) is 7.31. The number of aliphatic hydroxyl groups excluding tert-OH is 1. The maximum atomic E-state index is 9.71. The molecule has 0 unspecified atom stereocenters. The van der Waals surface area contributed by atoms with E-state index in [9.17, 15) is 5.11 Å². The second-order valence-electron chi connectivity index (χ2n) is 4.90. The van der Waals surface area contributed by atoms with Gasteiger partial charge in [0, 0.05) is 19.8 Å². The van der Waals surface area contributed by atoms with Crippen LogP contribution in [0.3, 0.4) is 0 Å². The number of nitrogens with zero attached hydrogens (tertiary/aromatic N) is 3. The first-order valence-corrected chi connectivity index (χ1v) is 7.31. The summed E-state index contributed by atoms with van der Waals surface area (Å²) in [5.74, 6) is 0.860. The quantitative estimate of drug-likeness (QED) is 0.674. The van der Waals surface area contributed by atoms with E-state index in [1.54, 1.807) is 0 Å². The van der Waals surface area contributed by atoms with E-state index in [-0.39, 0.29) is 12.6 Å². The van der Waals surface area contributed by atoms with E-state index in [4.69, 9.17) is 9.47 Å². The number of hydrogen-bond acceptors (Lipinski definition) is 8. The smallest absolute Gasteiger partial charge is 0.323 e. The van der Waals surface area contributed by atoms with Crippen molar-refractivity contribution in [2.75, 3.05) is 43.6 Å². The lowest BCUT2D eigenvalue weighted by molar-refractivity contribution is 0.0376. The zero-order valence-electron chi connectivity index (χ0n) is 12.6. The fourth-order valence-electron chi connectivity index (χ4n) is 2.17. The molecule has 1 aromatic heterocycles. The third-order valence-electron chi connectivity index (χ3n) is 3.35. The summed E-state index contributed by atoms with van der Waals surface area (Å²) in [7, 11) is 0. The van der Waals surface area contributed by atoms with E-state index in [0.29, 0.717) is 51.1 Å². The molecule has 8 nitrogen and oxygen atoms in total. The predicted molar refractivity (Wildman–Crippen MR) is 78.7 cm³/mol. The topological polar surface area (TPSA) is 101 Å². The van der Waals surface area contributed by atoms with Crippen LogP contribution >= 0.6 is 0 Å². The summed E-state index contributed by atoms with van der Waals surface area (Å²) < 4.78 is 10.7. The number of anilines is 2. The summed E-state index contributed by atoms with van der Waals surface area (Å²) in [6.07, 6.45) is 1.41. The van der Waals surface area contributed by atoms with E-state index in [1.807, 2.05) is 13.8 Å². The second kappa shape index (κ2) is 7.37. The maximum absolute atomic E-state index is 9.71. The largest absolute Gasteiger partial charge is 0.464 e.